The number of esters is 1. The molecule has 0 N–H and O–H groups in total. The van der Waals surface area contributed by atoms with Crippen LogP contribution in [0.15, 0.2) is 53.9 Å². The molecular formula is C21H24N2O4S. The average molecular weight is 401 g/mol. The first kappa shape index (κ1) is 21.4. The minimum atomic E-state index is -0.652. The van der Waals surface area contributed by atoms with E-state index in [1.165, 1.54) is 16.2 Å². The first-order valence-electron chi connectivity index (χ1n) is 8.85. The molecule has 0 bridgehead atoms. The van der Waals surface area contributed by atoms with E-state index in [0.717, 1.165) is 5.57 Å². The molecule has 1 heterocycles. The van der Waals surface area contributed by atoms with Crippen molar-refractivity contribution in [3.05, 3.63) is 64.4 Å². The molecular weight excluding hydrogens is 376 g/mol. The van der Waals surface area contributed by atoms with E-state index in [0.29, 0.717) is 23.7 Å². The van der Waals surface area contributed by atoms with E-state index in [9.17, 15) is 14.4 Å². The molecule has 0 saturated carbocycles. The summed E-state index contributed by atoms with van der Waals surface area (Å²) in [6.07, 6.45) is 0. The molecule has 0 aliphatic heterocycles. The molecule has 2 aromatic rings. The van der Waals surface area contributed by atoms with Gasteiger partial charge in [0.1, 0.15) is 0 Å². The highest BCUT2D eigenvalue weighted by Crippen LogP contribution is 2.23. The summed E-state index contributed by atoms with van der Waals surface area (Å²) in [6, 6.07) is 10.2. The monoisotopic (exact) mass is 400 g/mol. The first-order valence-corrected chi connectivity index (χ1v) is 9.73. The van der Waals surface area contributed by atoms with E-state index < -0.39 is 5.97 Å². The Balaban J connectivity index is 2.11. The van der Waals surface area contributed by atoms with Gasteiger partial charge in [-0.05, 0) is 37.4 Å². The van der Waals surface area contributed by atoms with Crippen LogP contribution >= 0.6 is 11.3 Å². The van der Waals surface area contributed by atoms with Crippen molar-refractivity contribution < 1.29 is 19.1 Å². The summed E-state index contributed by atoms with van der Waals surface area (Å²) in [7, 11) is 1.60. The molecule has 2 rings (SSSR count). The molecule has 0 aliphatic rings. The van der Waals surface area contributed by atoms with E-state index in [4.69, 9.17) is 4.74 Å². The van der Waals surface area contributed by atoms with E-state index in [-0.39, 0.29) is 24.0 Å². The second kappa shape index (κ2) is 9.85. The van der Waals surface area contributed by atoms with Crippen molar-refractivity contribution in [2.45, 2.75) is 13.8 Å². The summed E-state index contributed by atoms with van der Waals surface area (Å²) < 4.78 is 5.22. The van der Waals surface area contributed by atoms with Crippen molar-refractivity contribution >= 4 is 34.8 Å². The highest BCUT2D eigenvalue weighted by atomic mass is 32.1. The molecule has 0 fully saturated rings. The maximum Gasteiger partial charge on any atom is 0.340 e. The Hall–Kier alpha value is -2.93. The highest BCUT2D eigenvalue weighted by Gasteiger charge is 2.22. The standard InChI is InChI=1S/C21H24N2O4S/c1-5-23(13-15(2)3)19(24)14-27-21(26)16-9-6-7-10-17(16)22(4)20(25)18-11-8-12-28-18/h6-12H,2,5,13-14H2,1,3-4H3. The Kier molecular flexibility index (Phi) is 7.52. The van der Waals surface area contributed by atoms with Gasteiger partial charge in [0, 0.05) is 20.1 Å². The zero-order chi connectivity index (χ0) is 20.7. The van der Waals surface area contributed by atoms with Crippen molar-refractivity contribution in [3.63, 3.8) is 0 Å². The predicted molar refractivity (Wildman–Crippen MR) is 111 cm³/mol. The summed E-state index contributed by atoms with van der Waals surface area (Å²) in [5, 5.41) is 1.82. The maximum atomic E-state index is 12.6. The Morgan fingerprint density at radius 3 is 2.46 bits per heavy atom. The number of likely N-dealkylation sites (N-methyl/N-ethyl adjacent to an activating group) is 1. The molecule has 6 nitrogen and oxygen atoms in total. The number of para-hydroxylation sites is 1. The lowest BCUT2D eigenvalue weighted by molar-refractivity contribution is -0.133. The summed E-state index contributed by atoms with van der Waals surface area (Å²) in [4.78, 5) is 41.0. The Morgan fingerprint density at radius 1 is 1.14 bits per heavy atom. The topological polar surface area (TPSA) is 66.9 Å². The normalized spacial score (nSPS) is 10.2. The molecule has 28 heavy (non-hydrogen) atoms. The van der Waals surface area contributed by atoms with Crippen LogP contribution in [0.3, 0.4) is 0 Å². The molecule has 148 valence electrons. The van der Waals surface area contributed by atoms with Crippen LogP contribution in [-0.4, -0.2) is 49.4 Å². The van der Waals surface area contributed by atoms with Gasteiger partial charge in [0.05, 0.1) is 16.1 Å². The highest BCUT2D eigenvalue weighted by molar-refractivity contribution is 7.12. The van der Waals surface area contributed by atoms with Crippen LogP contribution < -0.4 is 4.90 Å². The van der Waals surface area contributed by atoms with Crippen molar-refractivity contribution in [3.8, 4) is 0 Å². The van der Waals surface area contributed by atoms with Crippen LogP contribution in [0.4, 0.5) is 5.69 Å². The smallest absolute Gasteiger partial charge is 0.340 e. The van der Waals surface area contributed by atoms with Gasteiger partial charge in [0.25, 0.3) is 11.8 Å². The molecule has 0 saturated heterocycles. The molecule has 7 heteroatoms. The Labute approximate surface area is 169 Å². The summed E-state index contributed by atoms with van der Waals surface area (Å²) in [6.45, 7) is 8.03. The Morgan fingerprint density at radius 2 is 1.86 bits per heavy atom. The van der Waals surface area contributed by atoms with E-state index in [1.54, 1.807) is 48.3 Å². The number of benzene rings is 1. The quantitative estimate of drug-likeness (QED) is 0.502. The number of amides is 2. The number of hydrogen-bond acceptors (Lipinski definition) is 5. The van der Waals surface area contributed by atoms with Gasteiger partial charge in [-0.15, -0.1) is 11.3 Å². The molecule has 0 aliphatic carbocycles. The van der Waals surface area contributed by atoms with Gasteiger partial charge >= 0.3 is 5.97 Å². The van der Waals surface area contributed by atoms with Crippen LogP contribution in [0.5, 0.6) is 0 Å². The fourth-order valence-electron chi connectivity index (χ4n) is 2.61. The molecule has 2 amide bonds. The number of carbonyl (C=O) groups is 3. The van der Waals surface area contributed by atoms with Crippen molar-refractivity contribution in [2.75, 3.05) is 31.6 Å². The zero-order valence-corrected chi connectivity index (χ0v) is 17.1. The second-order valence-electron chi connectivity index (χ2n) is 6.30. The van der Waals surface area contributed by atoms with E-state index in [1.807, 2.05) is 19.2 Å². The van der Waals surface area contributed by atoms with E-state index >= 15 is 0 Å². The van der Waals surface area contributed by atoms with Gasteiger partial charge in [0.15, 0.2) is 6.61 Å². The maximum absolute atomic E-state index is 12.6. The van der Waals surface area contributed by atoms with Crippen LogP contribution in [0.2, 0.25) is 0 Å². The van der Waals surface area contributed by atoms with Crippen LogP contribution in [0.1, 0.15) is 33.9 Å². The predicted octanol–water partition coefficient (Wildman–Crippen LogP) is 3.61. The Bertz CT molecular complexity index is 861. The van der Waals surface area contributed by atoms with E-state index in [2.05, 4.69) is 6.58 Å². The number of rotatable bonds is 8. The lowest BCUT2D eigenvalue weighted by Crippen LogP contribution is -2.35. The number of nitrogens with zero attached hydrogens (tertiary/aromatic N) is 2. The largest absolute Gasteiger partial charge is 0.452 e. The van der Waals surface area contributed by atoms with Gasteiger partial charge in [-0.1, -0.05) is 30.4 Å². The molecule has 1 aromatic carbocycles. The van der Waals surface area contributed by atoms with Crippen molar-refractivity contribution in [2.24, 2.45) is 0 Å². The summed E-state index contributed by atoms with van der Waals surface area (Å²) in [5.41, 5.74) is 1.50. The van der Waals surface area contributed by atoms with Crippen LogP contribution in [-0.2, 0) is 9.53 Å². The van der Waals surface area contributed by atoms with Crippen LogP contribution in [0, 0.1) is 0 Å². The fourth-order valence-corrected chi connectivity index (χ4v) is 3.31. The van der Waals surface area contributed by atoms with Gasteiger partial charge in [0.2, 0.25) is 0 Å². The second-order valence-corrected chi connectivity index (χ2v) is 7.25. The number of ether oxygens (including phenoxy) is 1. The molecule has 0 radical (unpaired) electrons. The van der Waals surface area contributed by atoms with Crippen molar-refractivity contribution in [1.29, 1.82) is 0 Å². The SMILES string of the molecule is C=C(C)CN(CC)C(=O)COC(=O)c1ccccc1N(C)C(=O)c1cccs1. The van der Waals surface area contributed by atoms with Gasteiger partial charge in [-0.25, -0.2) is 4.79 Å². The third-order valence-electron chi connectivity index (χ3n) is 4.04. The van der Waals surface area contributed by atoms with Gasteiger partial charge in [-0.3, -0.25) is 9.59 Å². The minimum absolute atomic E-state index is 0.218. The van der Waals surface area contributed by atoms with Crippen molar-refractivity contribution in [1.82, 2.24) is 4.90 Å². The first-order chi connectivity index (χ1) is 13.3. The number of hydrogen-bond donors (Lipinski definition) is 0. The molecule has 0 spiro atoms. The minimum Gasteiger partial charge on any atom is -0.452 e. The summed E-state index contributed by atoms with van der Waals surface area (Å²) >= 11 is 1.33. The average Bonchev–Trinajstić information content (AvgIpc) is 3.23. The number of thiophene rings is 1. The van der Waals surface area contributed by atoms with Gasteiger partial charge in [-0.2, -0.15) is 0 Å². The van der Waals surface area contributed by atoms with Crippen LogP contribution in [0.25, 0.3) is 0 Å². The van der Waals surface area contributed by atoms with Gasteiger partial charge < -0.3 is 14.5 Å². The summed E-state index contributed by atoms with van der Waals surface area (Å²) in [5.74, 6) is -1.16. The fraction of sp³-hybridized carbons (Fsp3) is 0.286. The molecule has 1 aromatic heterocycles. The lowest BCUT2D eigenvalue weighted by Gasteiger charge is -2.22. The third-order valence-corrected chi connectivity index (χ3v) is 4.90. The number of anilines is 1. The molecule has 0 unspecified atom stereocenters. The lowest BCUT2D eigenvalue weighted by atomic mass is 10.1. The molecule has 0 atom stereocenters. The zero-order valence-electron chi connectivity index (χ0n) is 16.3. The number of carbonyl (C=O) groups excluding carboxylic acids is 3. The third kappa shape index (κ3) is 5.29.